The highest BCUT2D eigenvalue weighted by molar-refractivity contribution is 6.36. The smallest absolute Gasteiger partial charge is 0.318 e. The van der Waals surface area contributed by atoms with E-state index >= 15 is 0 Å². The largest absolute Gasteiger partial charge is 0.462 e. The first-order chi connectivity index (χ1) is 20.4. The molecule has 0 spiro atoms. The first-order valence-corrected chi connectivity index (χ1v) is 15.5. The Morgan fingerprint density at radius 1 is 1.14 bits per heavy atom. The van der Waals surface area contributed by atoms with Crippen LogP contribution in [0.2, 0.25) is 5.02 Å². The van der Waals surface area contributed by atoms with Gasteiger partial charge in [-0.15, -0.1) is 0 Å². The van der Waals surface area contributed by atoms with Gasteiger partial charge in [0.2, 0.25) is 0 Å². The van der Waals surface area contributed by atoms with E-state index in [0.717, 1.165) is 84.9 Å². The number of rotatable bonds is 7. The Balaban J connectivity index is 1.19. The van der Waals surface area contributed by atoms with Crippen LogP contribution in [0.5, 0.6) is 6.01 Å². The second-order valence-electron chi connectivity index (χ2n) is 12.4. The number of carbonyl (C=O) groups is 1. The molecule has 0 bridgehead atoms. The molecule has 1 aliphatic carbocycles. The van der Waals surface area contributed by atoms with Crippen LogP contribution >= 0.6 is 11.6 Å². The van der Waals surface area contributed by atoms with Gasteiger partial charge in [-0.25, -0.2) is 5.06 Å². The monoisotopic (exact) mass is 590 g/mol. The molecule has 4 aliphatic rings. The first kappa shape index (κ1) is 27.7. The molecule has 3 aliphatic heterocycles. The number of anilines is 2. The van der Waals surface area contributed by atoms with Gasteiger partial charge in [0.1, 0.15) is 12.4 Å². The van der Waals surface area contributed by atoms with Crippen LogP contribution in [0.15, 0.2) is 36.4 Å². The fourth-order valence-electron chi connectivity index (χ4n) is 7.40. The number of likely N-dealkylation sites (tertiary alicyclic amines) is 1. The second-order valence-corrected chi connectivity index (χ2v) is 12.8. The van der Waals surface area contributed by atoms with Gasteiger partial charge in [-0.1, -0.05) is 35.9 Å². The maximum Gasteiger partial charge on any atom is 0.318 e. The molecule has 2 saturated heterocycles. The molecule has 10 heteroatoms. The van der Waals surface area contributed by atoms with Gasteiger partial charge in [-0.3, -0.25) is 9.63 Å². The van der Waals surface area contributed by atoms with Crippen LogP contribution < -0.4 is 14.5 Å². The molecule has 1 amide bonds. The Kier molecular flexibility index (Phi) is 7.15. The number of aromatic nitrogens is 2. The summed E-state index contributed by atoms with van der Waals surface area (Å²) < 4.78 is 6.32. The van der Waals surface area contributed by atoms with E-state index in [1.165, 1.54) is 17.0 Å². The Labute approximate surface area is 252 Å². The van der Waals surface area contributed by atoms with Crippen LogP contribution in [-0.2, 0) is 22.6 Å². The van der Waals surface area contributed by atoms with Crippen molar-refractivity contribution >= 4 is 39.8 Å². The Hall–Kier alpha value is -3.14. The van der Waals surface area contributed by atoms with Crippen LogP contribution in [0.25, 0.3) is 10.8 Å². The molecule has 9 nitrogen and oxygen atoms in total. The normalized spacial score (nSPS) is 25.3. The van der Waals surface area contributed by atoms with E-state index in [2.05, 4.69) is 46.0 Å². The number of amides is 1. The highest BCUT2D eigenvalue weighted by Crippen LogP contribution is 2.59. The molecule has 1 saturated carbocycles. The fraction of sp³-hybridized carbons (Fsp3) is 0.531. The Morgan fingerprint density at radius 3 is 2.74 bits per heavy atom. The van der Waals surface area contributed by atoms with E-state index < -0.39 is 0 Å². The van der Waals surface area contributed by atoms with E-state index in [1.54, 1.807) is 14.2 Å². The average molecular weight is 591 g/mol. The number of benzene rings is 2. The molecular weight excluding hydrogens is 552 g/mol. The zero-order chi connectivity index (χ0) is 29.0. The van der Waals surface area contributed by atoms with E-state index in [9.17, 15) is 4.79 Å². The lowest BCUT2D eigenvalue weighted by Crippen LogP contribution is -2.43. The predicted molar refractivity (Wildman–Crippen MR) is 164 cm³/mol. The summed E-state index contributed by atoms with van der Waals surface area (Å²) in [5, 5.41) is 4.36. The maximum atomic E-state index is 13.1. The van der Waals surface area contributed by atoms with E-state index in [-0.39, 0.29) is 11.3 Å². The number of ether oxygens (including phenoxy) is 1. The van der Waals surface area contributed by atoms with Crippen molar-refractivity contribution in [2.24, 2.45) is 11.3 Å². The van der Waals surface area contributed by atoms with Gasteiger partial charge in [0, 0.05) is 49.4 Å². The van der Waals surface area contributed by atoms with Crippen LogP contribution in [-0.4, -0.2) is 85.9 Å². The van der Waals surface area contributed by atoms with Gasteiger partial charge in [0.05, 0.1) is 29.8 Å². The van der Waals surface area contributed by atoms with Crippen LogP contribution in [0.1, 0.15) is 36.9 Å². The lowest BCUT2D eigenvalue weighted by atomic mass is 9.93. The van der Waals surface area contributed by atoms with Gasteiger partial charge < -0.3 is 19.4 Å². The van der Waals surface area contributed by atoms with Crippen molar-refractivity contribution in [3.05, 3.63) is 52.7 Å². The summed E-state index contributed by atoms with van der Waals surface area (Å²) in [5.41, 5.74) is 3.02. The van der Waals surface area contributed by atoms with Gasteiger partial charge >= 0.3 is 6.01 Å². The predicted octanol–water partition coefficient (Wildman–Crippen LogP) is 4.56. The highest BCUT2D eigenvalue weighted by atomic mass is 35.5. The third-order valence-corrected chi connectivity index (χ3v) is 10.4. The number of likely N-dealkylation sites (N-methyl/N-ethyl adjacent to an activating group) is 1. The third-order valence-electron chi connectivity index (χ3n) is 10.1. The minimum atomic E-state index is -0.300. The molecule has 4 heterocycles. The first-order valence-electron chi connectivity index (χ1n) is 15.1. The molecule has 42 heavy (non-hydrogen) atoms. The van der Waals surface area contributed by atoms with Crippen molar-refractivity contribution in [2.75, 3.05) is 63.8 Å². The van der Waals surface area contributed by atoms with Crippen LogP contribution in [0, 0.1) is 11.3 Å². The highest BCUT2D eigenvalue weighted by Gasteiger charge is 2.63. The minimum absolute atomic E-state index is 0.0912. The Bertz CT molecular complexity index is 1510. The third kappa shape index (κ3) is 4.75. The molecule has 3 aromatic rings. The number of hydrogen-bond acceptors (Lipinski definition) is 8. The van der Waals surface area contributed by atoms with Gasteiger partial charge in [0.15, 0.2) is 0 Å². The summed E-state index contributed by atoms with van der Waals surface area (Å²) in [6.07, 6.45) is 4.85. The van der Waals surface area contributed by atoms with Gasteiger partial charge in [-0.2, -0.15) is 9.97 Å². The Morgan fingerprint density at radius 2 is 1.98 bits per heavy atom. The molecule has 3 atom stereocenters. The van der Waals surface area contributed by atoms with Crippen molar-refractivity contribution in [1.82, 2.24) is 19.9 Å². The topological polar surface area (TPSA) is 74.3 Å². The fourth-order valence-corrected chi connectivity index (χ4v) is 7.67. The second kappa shape index (κ2) is 10.8. The molecule has 222 valence electrons. The van der Waals surface area contributed by atoms with Crippen molar-refractivity contribution in [2.45, 2.75) is 44.7 Å². The molecule has 0 N–H and O–H groups in total. The summed E-state index contributed by atoms with van der Waals surface area (Å²) in [5.74, 6) is 1.36. The average Bonchev–Trinajstić information content (AvgIpc) is 3.62. The van der Waals surface area contributed by atoms with Crippen LogP contribution in [0.3, 0.4) is 0 Å². The number of hydrogen-bond donors (Lipinski definition) is 0. The summed E-state index contributed by atoms with van der Waals surface area (Å²) in [7, 11) is 5.42. The van der Waals surface area contributed by atoms with Gasteiger partial charge in [0.25, 0.3) is 5.91 Å². The molecule has 1 aromatic heterocycles. The summed E-state index contributed by atoms with van der Waals surface area (Å²) in [6, 6.07) is 13.3. The van der Waals surface area contributed by atoms with E-state index in [0.29, 0.717) is 31.1 Å². The molecular formula is C32H39ClN6O3. The van der Waals surface area contributed by atoms with E-state index in [1.807, 2.05) is 12.1 Å². The summed E-state index contributed by atoms with van der Waals surface area (Å²) in [4.78, 5) is 35.5. The van der Waals surface area contributed by atoms with Crippen molar-refractivity contribution in [3.8, 4) is 6.01 Å². The number of nitrogens with zero attached hydrogens (tertiary/aromatic N) is 6. The number of hydroxylamine groups is 2. The van der Waals surface area contributed by atoms with Crippen molar-refractivity contribution < 1.29 is 14.4 Å². The quantitative estimate of drug-likeness (QED) is 0.371. The zero-order valence-corrected chi connectivity index (χ0v) is 25.4. The van der Waals surface area contributed by atoms with Gasteiger partial charge in [-0.05, 0) is 69.1 Å². The lowest BCUT2D eigenvalue weighted by Gasteiger charge is -2.37. The van der Waals surface area contributed by atoms with Crippen molar-refractivity contribution in [3.63, 3.8) is 0 Å². The summed E-state index contributed by atoms with van der Waals surface area (Å²) >= 11 is 6.71. The SMILES string of the molecule is CON(C)C(=O)[C@]12CCN(c3nc(OCC4CCCN4C)nc4c3CCN(c3cccc5cccc(Cl)c35)C4)C[C@H]1C2. The summed E-state index contributed by atoms with van der Waals surface area (Å²) in [6.45, 7) is 4.77. The molecule has 2 aromatic carbocycles. The standard InChI is InChI=1S/C32H39ClN6O3/c1-36-14-6-9-23(36)20-42-31-34-26-19-38(27-11-5-8-21-7-4-10-25(33)28(21)27)15-12-24(26)29(35-31)39-16-13-32(17-22(32)18-39)30(40)37(2)41-3/h4-5,7-8,10-11,22-23H,6,9,12-20H2,1-3H3/t22-,23?,32+/m1/s1. The van der Waals surface area contributed by atoms with Crippen LogP contribution in [0.4, 0.5) is 11.5 Å². The number of carbonyl (C=O) groups excluding carboxylic acids is 1. The zero-order valence-electron chi connectivity index (χ0n) is 24.7. The lowest BCUT2D eigenvalue weighted by molar-refractivity contribution is -0.176. The number of fused-ring (bicyclic) bond motifs is 3. The number of halogens is 1. The maximum absolute atomic E-state index is 13.1. The molecule has 1 unspecified atom stereocenters. The molecule has 7 rings (SSSR count). The van der Waals surface area contributed by atoms with Crippen molar-refractivity contribution in [1.29, 1.82) is 0 Å². The minimum Gasteiger partial charge on any atom is -0.462 e. The molecule has 3 fully saturated rings. The number of piperidine rings is 1. The van der Waals surface area contributed by atoms with E-state index in [4.69, 9.17) is 31.1 Å². The molecule has 0 radical (unpaired) electrons.